The van der Waals surface area contributed by atoms with E-state index in [1.54, 1.807) is 54.6 Å². The summed E-state index contributed by atoms with van der Waals surface area (Å²) in [6.45, 7) is 0.273. The fraction of sp³-hybridized carbons (Fsp3) is 0.160. The third-order valence-corrected chi connectivity index (χ3v) is 5.45. The van der Waals surface area contributed by atoms with Gasteiger partial charge in [0.25, 0.3) is 11.8 Å². The predicted molar refractivity (Wildman–Crippen MR) is 121 cm³/mol. The molecular weight excluding hydrogens is 425 g/mol. The number of carbonyl (C=O) groups excluding carboxylic acids is 3. The molecule has 1 atom stereocenters. The molecule has 0 radical (unpaired) electrons. The summed E-state index contributed by atoms with van der Waals surface area (Å²) in [5, 5.41) is 2.63. The Bertz CT molecular complexity index is 1190. The highest BCUT2D eigenvalue weighted by Gasteiger charge is 2.39. The Labute approximate surface area is 190 Å². The van der Waals surface area contributed by atoms with Crippen LogP contribution in [0.15, 0.2) is 83.1 Å². The summed E-state index contributed by atoms with van der Waals surface area (Å²) < 4.78 is 19.5. The number of hydrogen-bond acceptors (Lipinski definition) is 4. The molecule has 1 aliphatic rings. The van der Waals surface area contributed by atoms with Crippen LogP contribution in [0.3, 0.4) is 0 Å². The van der Waals surface area contributed by atoms with Crippen LogP contribution in [-0.4, -0.2) is 42.3 Å². The van der Waals surface area contributed by atoms with Crippen LogP contribution in [0.2, 0.25) is 0 Å². The van der Waals surface area contributed by atoms with Gasteiger partial charge in [-0.3, -0.25) is 14.4 Å². The molecule has 4 rings (SSSR count). The fourth-order valence-corrected chi connectivity index (χ4v) is 3.72. The molecule has 8 heteroatoms. The maximum atomic E-state index is 14.2. The molecule has 0 bridgehead atoms. The quantitative estimate of drug-likeness (QED) is 0.587. The van der Waals surface area contributed by atoms with Crippen LogP contribution in [0.4, 0.5) is 10.1 Å². The van der Waals surface area contributed by atoms with E-state index in [0.29, 0.717) is 17.7 Å². The topological polar surface area (TPSA) is 82.9 Å². The molecular formula is C25H22FN3O4. The Hall–Kier alpha value is -4.20. The van der Waals surface area contributed by atoms with Crippen LogP contribution in [0.5, 0.6) is 0 Å². The first-order chi connectivity index (χ1) is 16.0. The summed E-state index contributed by atoms with van der Waals surface area (Å²) in [5.41, 5.74) is 0.508. The third kappa shape index (κ3) is 4.69. The Morgan fingerprint density at radius 1 is 1.09 bits per heavy atom. The Balaban J connectivity index is 1.56. The van der Waals surface area contributed by atoms with Gasteiger partial charge in [0.15, 0.2) is 0 Å². The molecule has 0 saturated carbocycles. The summed E-state index contributed by atoms with van der Waals surface area (Å²) in [5.74, 6) is -1.56. The number of benzene rings is 2. The number of amides is 3. The summed E-state index contributed by atoms with van der Waals surface area (Å²) in [6.07, 6.45) is 3.19. The van der Waals surface area contributed by atoms with E-state index in [1.807, 2.05) is 0 Å². The van der Waals surface area contributed by atoms with Crippen molar-refractivity contribution in [2.45, 2.75) is 12.5 Å². The van der Waals surface area contributed by atoms with Gasteiger partial charge in [0.1, 0.15) is 23.3 Å². The average Bonchev–Trinajstić information content (AvgIpc) is 3.48. The van der Waals surface area contributed by atoms with Crippen molar-refractivity contribution in [3.05, 3.63) is 95.8 Å². The third-order valence-electron chi connectivity index (χ3n) is 5.45. The van der Waals surface area contributed by atoms with Crippen LogP contribution in [0, 0.1) is 5.82 Å². The minimum absolute atomic E-state index is 0.0431. The molecule has 3 aromatic rings. The highest BCUT2D eigenvalue weighted by molar-refractivity contribution is 6.08. The van der Waals surface area contributed by atoms with Crippen LogP contribution in [0.25, 0.3) is 6.08 Å². The lowest BCUT2D eigenvalue weighted by atomic mass is 10.1. The van der Waals surface area contributed by atoms with E-state index >= 15 is 0 Å². The van der Waals surface area contributed by atoms with Gasteiger partial charge >= 0.3 is 0 Å². The van der Waals surface area contributed by atoms with Gasteiger partial charge < -0.3 is 19.5 Å². The summed E-state index contributed by atoms with van der Waals surface area (Å²) in [6, 6.07) is 17.0. The Morgan fingerprint density at radius 2 is 1.82 bits per heavy atom. The second-order valence-electron chi connectivity index (χ2n) is 7.56. The largest absolute Gasteiger partial charge is 0.465 e. The van der Waals surface area contributed by atoms with Crippen LogP contribution in [0.1, 0.15) is 22.5 Å². The SMILES string of the molecule is CN(C(=O)C(=Cc1ccco1)NC(=O)c1ccccc1)C1CCN(c2ccccc2F)C1=O. The summed E-state index contributed by atoms with van der Waals surface area (Å²) >= 11 is 0. The second kappa shape index (κ2) is 9.52. The smallest absolute Gasteiger partial charge is 0.270 e. The van der Waals surface area contributed by atoms with E-state index in [0.717, 1.165) is 0 Å². The van der Waals surface area contributed by atoms with Crippen molar-refractivity contribution in [2.75, 3.05) is 18.5 Å². The van der Waals surface area contributed by atoms with E-state index in [9.17, 15) is 18.8 Å². The molecule has 1 aromatic heterocycles. The molecule has 0 spiro atoms. The predicted octanol–water partition coefficient (Wildman–Crippen LogP) is 3.45. The van der Waals surface area contributed by atoms with Crippen LogP contribution >= 0.6 is 0 Å². The number of anilines is 1. The van der Waals surface area contributed by atoms with E-state index in [-0.39, 0.29) is 23.8 Å². The number of rotatable bonds is 6. The molecule has 1 fully saturated rings. The van der Waals surface area contributed by atoms with Gasteiger partial charge in [0.05, 0.1) is 12.0 Å². The van der Waals surface area contributed by atoms with Gasteiger partial charge in [0, 0.05) is 25.2 Å². The first-order valence-corrected chi connectivity index (χ1v) is 10.4. The van der Waals surface area contributed by atoms with Gasteiger partial charge in [-0.1, -0.05) is 30.3 Å². The van der Waals surface area contributed by atoms with E-state index in [2.05, 4.69) is 5.32 Å². The molecule has 1 N–H and O–H groups in total. The standard InChI is InChI=1S/C25H22FN3O4/c1-28(22-13-14-29(25(22)32)21-12-6-5-11-19(21)26)24(31)20(16-18-10-7-15-33-18)27-23(30)17-8-3-2-4-9-17/h2-12,15-16,22H,13-14H2,1H3,(H,27,30). The highest BCUT2D eigenvalue weighted by atomic mass is 19.1. The minimum atomic E-state index is -0.800. The number of likely N-dealkylation sites (N-methyl/N-ethyl adjacent to an activating group) is 1. The molecule has 33 heavy (non-hydrogen) atoms. The monoisotopic (exact) mass is 447 g/mol. The van der Waals surface area contributed by atoms with Crippen LogP contribution < -0.4 is 10.2 Å². The van der Waals surface area contributed by atoms with Crippen molar-refractivity contribution in [3.8, 4) is 0 Å². The van der Waals surface area contributed by atoms with Gasteiger partial charge in [-0.05, 0) is 42.8 Å². The molecule has 3 amide bonds. The molecule has 1 unspecified atom stereocenters. The molecule has 7 nitrogen and oxygen atoms in total. The molecule has 1 saturated heterocycles. The number of para-hydroxylation sites is 1. The first kappa shape index (κ1) is 22.0. The van der Waals surface area contributed by atoms with E-state index in [1.165, 1.54) is 41.3 Å². The van der Waals surface area contributed by atoms with Crippen molar-refractivity contribution in [1.82, 2.24) is 10.2 Å². The maximum absolute atomic E-state index is 14.2. The summed E-state index contributed by atoms with van der Waals surface area (Å²) in [4.78, 5) is 41.7. The molecule has 2 heterocycles. The van der Waals surface area contributed by atoms with Crippen molar-refractivity contribution in [2.24, 2.45) is 0 Å². The lowest BCUT2D eigenvalue weighted by Gasteiger charge is -2.25. The van der Waals surface area contributed by atoms with Gasteiger partial charge in [-0.2, -0.15) is 0 Å². The van der Waals surface area contributed by atoms with Gasteiger partial charge in [0.2, 0.25) is 5.91 Å². The number of carbonyl (C=O) groups is 3. The zero-order valence-corrected chi connectivity index (χ0v) is 17.9. The van der Waals surface area contributed by atoms with Crippen molar-refractivity contribution in [3.63, 3.8) is 0 Å². The molecule has 2 aromatic carbocycles. The zero-order chi connectivity index (χ0) is 23.4. The van der Waals surface area contributed by atoms with Crippen molar-refractivity contribution in [1.29, 1.82) is 0 Å². The van der Waals surface area contributed by atoms with Crippen molar-refractivity contribution >= 4 is 29.5 Å². The number of hydrogen-bond donors (Lipinski definition) is 1. The average molecular weight is 447 g/mol. The normalized spacial score (nSPS) is 16.1. The first-order valence-electron chi connectivity index (χ1n) is 10.4. The highest BCUT2D eigenvalue weighted by Crippen LogP contribution is 2.27. The number of furan rings is 1. The zero-order valence-electron chi connectivity index (χ0n) is 17.9. The van der Waals surface area contributed by atoms with Crippen LogP contribution in [-0.2, 0) is 9.59 Å². The van der Waals surface area contributed by atoms with E-state index in [4.69, 9.17) is 4.42 Å². The number of halogens is 1. The van der Waals surface area contributed by atoms with Gasteiger partial charge in [-0.25, -0.2) is 4.39 Å². The summed E-state index contributed by atoms with van der Waals surface area (Å²) in [7, 11) is 1.49. The second-order valence-corrected chi connectivity index (χ2v) is 7.56. The number of nitrogens with zero attached hydrogens (tertiary/aromatic N) is 2. The van der Waals surface area contributed by atoms with Crippen molar-refractivity contribution < 1.29 is 23.2 Å². The Kier molecular flexibility index (Phi) is 6.35. The number of nitrogens with one attached hydrogen (secondary N) is 1. The van der Waals surface area contributed by atoms with Gasteiger partial charge in [-0.15, -0.1) is 0 Å². The lowest BCUT2D eigenvalue weighted by Crippen LogP contribution is -2.45. The fourth-order valence-electron chi connectivity index (χ4n) is 3.72. The molecule has 0 aliphatic carbocycles. The molecule has 168 valence electrons. The van der Waals surface area contributed by atoms with E-state index < -0.39 is 23.7 Å². The molecule has 1 aliphatic heterocycles. The Morgan fingerprint density at radius 3 is 2.52 bits per heavy atom. The maximum Gasteiger partial charge on any atom is 0.270 e. The minimum Gasteiger partial charge on any atom is -0.465 e. The lowest BCUT2D eigenvalue weighted by molar-refractivity contribution is -0.133.